The second-order valence-electron chi connectivity index (χ2n) is 3.02. The molecule has 0 aliphatic rings. The summed E-state index contributed by atoms with van der Waals surface area (Å²) in [5.74, 6) is 0.947. The Labute approximate surface area is 79.1 Å². The van der Waals surface area contributed by atoms with Crippen LogP contribution in [0.1, 0.15) is 31.6 Å². The summed E-state index contributed by atoms with van der Waals surface area (Å²) < 4.78 is 5.46. The molecule has 0 saturated heterocycles. The van der Waals surface area contributed by atoms with Gasteiger partial charge in [0, 0.05) is 10.8 Å². The van der Waals surface area contributed by atoms with Crippen molar-refractivity contribution in [1.29, 1.82) is 0 Å². The molecule has 0 unspecified atom stereocenters. The van der Waals surface area contributed by atoms with Crippen LogP contribution < -0.4 is 10.6 Å². The van der Waals surface area contributed by atoms with E-state index in [2.05, 4.69) is 25.7 Å². The average Bonchev–Trinajstić information content (AvgIpc) is 2.33. The van der Waals surface area contributed by atoms with Gasteiger partial charge < -0.3 is 4.42 Å². The monoisotopic (exact) mass is 176 g/mol. The quantitative estimate of drug-likeness (QED) is 0.673. The number of rotatable bonds is 2. The summed E-state index contributed by atoms with van der Waals surface area (Å²) in [5.41, 5.74) is 1.93. The predicted octanol–water partition coefficient (Wildman–Crippen LogP) is 2.22. The van der Waals surface area contributed by atoms with Crippen LogP contribution in [0.3, 0.4) is 0 Å². The summed E-state index contributed by atoms with van der Waals surface area (Å²) in [4.78, 5) is 0. The summed E-state index contributed by atoms with van der Waals surface area (Å²) in [5, 5.41) is 1.14. The van der Waals surface area contributed by atoms with Crippen LogP contribution in [0.4, 0.5) is 0 Å². The Kier molecular flexibility index (Phi) is 3.13. The zero-order valence-electron chi connectivity index (χ0n) is 8.55. The van der Waals surface area contributed by atoms with Crippen molar-refractivity contribution in [2.24, 2.45) is 0 Å². The van der Waals surface area contributed by atoms with Crippen LogP contribution in [-0.2, 0) is 0 Å². The van der Waals surface area contributed by atoms with Crippen LogP contribution in [0.2, 0.25) is 0 Å². The van der Waals surface area contributed by atoms with Gasteiger partial charge in [-0.05, 0) is 20.3 Å². The molecule has 0 spiro atoms. The first-order chi connectivity index (χ1) is 6.20. The number of hydrogen-bond donors (Lipinski definition) is 0. The van der Waals surface area contributed by atoms with Gasteiger partial charge >= 0.3 is 0 Å². The third kappa shape index (κ3) is 1.92. The Morgan fingerprint density at radius 1 is 1.46 bits per heavy atom. The van der Waals surface area contributed by atoms with Gasteiger partial charge in [-0.1, -0.05) is 31.7 Å². The normalized spacial score (nSPS) is 13.0. The minimum absolute atomic E-state index is 0.771. The molecule has 0 amide bonds. The highest BCUT2D eigenvalue weighted by atomic mass is 16.3. The minimum atomic E-state index is 0.771. The van der Waals surface area contributed by atoms with Crippen LogP contribution in [0.5, 0.6) is 0 Å². The molecule has 1 heterocycles. The number of hydrogen-bond acceptors (Lipinski definition) is 1. The summed E-state index contributed by atoms with van der Waals surface area (Å²) in [6.07, 6.45) is 7.24. The van der Waals surface area contributed by atoms with E-state index in [0.29, 0.717) is 0 Å². The van der Waals surface area contributed by atoms with E-state index in [1.54, 1.807) is 0 Å². The summed E-state index contributed by atoms with van der Waals surface area (Å²) in [7, 11) is 0. The van der Waals surface area contributed by atoms with Crippen molar-refractivity contribution in [3.63, 3.8) is 0 Å². The smallest absolute Gasteiger partial charge is 0.127 e. The standard InChI is InChI=1S/C12H16O/c1-5-7-11-9(3)13-10(4)12(11)8-6-2/h6-8H,3,5H2,1-2,4H3. The van der Waals surface area contributed by atoms with E-state index in [4.69, 9.17) is 4.42 Å². The van der Waals surface area contributed by atoms with Gasteiger partial charge in [-0.15, -0.1) is 0 Å². The summed E-state index contributed by atoms with van der Waals surface area (Å²) in [6.45, 7) is 9.96. The first-order valence-corrected chi connectivity index (χ1v) is 4.62. The Hall–Kier alpha value is -1.24. The molecule has 0 saturated carbocycles. The lowest BCUT2D eigenvalue weighted by molar-refractivity contribution is 0.502. The van der Waals surface area contributed by atoms with E-state index in [1.807, 2.05) is 19.9 Å². The molecule has 1 aromatic rings. The predicted molar refractivity (Wildman–Crippen MR) is 57.7 cm³/mol. The van der Waals surface area contributed by atoms with Crippen molar-refractivity contribution < 1.29 is 4.42 Å². The zero-order valence-corrected chi connectivity index (χ0v) is 8.55. The fraction of sp³-hybridized carbons (Fsp3) is 0.333. The largest absolute Gasteiger partial charge is 0.461 e. The van der Waals surface area contributed by atoms with Gasteiger partial charge in [0.15, 0.2) is 0 Å². The van der Waals surface area contributed by atoms with Crippen LogP contribution in [0, 0.1) is 6.92 Å². The van der Waals surface area contributed by atoms with Crippen molar-refractivity contribution in [1.82, 2.24) is 0 Å². The molecule has 0 N–H and O–H groups in total. The maximum atomic E-state index is 5.46. The van der Waals surface area contributed by atoms with Gasteiger partial charge in [-0.2, -0.15) is 0 Å². The molecule has 1 nitrogen and oxygen atoms in total. The maximum absolute atomic E-state index is 5.46. The molecule has 0 aliphatic carbocycles. The first-order valence-electron chi connectivity index (χ1n) is 4.62. The molecule has 0 bridgehead atoms. The Balaban J connectivity index is 3.47. The van der Waals surface area contributed by atoms with Gasteiger partial charge in [-0.25, -0.2) is 0 Å². The number of aryl methyl sites for hydroxylation is 1. The molecule has 1 heteroatoms. The van der Waals surface area contributed by atoms with E-state index in [1.165, 1.54) is 0 Å². The highest BCUT2D eigenvalue weighted by Crippen LogP contribution is 2.02. The molecule has 1 aromatic heterocycles. The first kappa shape index (κ1) is 9.85. The summed E-state index contributed by atoms with van der Waals surface area (Å²) in [6, 6.07) is 0. The third-order valence-electron chi connectivity index (χ3n) is 1.99. The van der Waals surface area contributed by atoms with Crippen LogP contribution in [0.25, 0.3) is 18.7 Å². The van der Waals surface area contributed by atoms with Gasteiger partial charge in [0.25, 0.3) is 0 Å². The van der Waals surface area contributed by atoms with Crippen molar-refractivity contribution in [2.75, 3.05) is 0 Å². The van der Waals surface area contributed by atoms with Crippen LogP contribution >= 0.6 is 0 Å². The van der Waals surface area contributed by atoms with Gasteiger partial charge in [0.2, 0.25) is 0 Å². The Bertz CT molecular complexity index is 407. The fourth-order valence-electron chi connectivity index (χ4n) is 1.44. The second-order valence-corrected chi connectivity index (χ2v) is 3.02. The maximum Gasteiger partial charge on any atom is 0.127 e. The van der Waals surface area contributed by atoms with Crippen molar-refractivity contribution >= 4 is 18.7 Å². The lowest BCUT2D eigenvalue weighted by Crippen LogP contribution is -2.19. The molecule has 0 aromatic carbocycles. The Morgan fingerprint density at radius 3 is 2.69 bits per heavy atom. The topological polar surface area (TPSA) is 13.1 Å². The molecule has 70 valence electrons. The van der Waals surface area contributed by atoms with E-state index in [-0.39, 0.29) is 0 Å². The number of furan rings is 1. The highest BCUT2D eigenvalue weighted by molar-refractivity contribution is 5.53. The molecular weight excluding hydrogens is 160 g/mol. The molecule has 0 aliphatic heterocycles. The van der Waals surface area contributed by atoms with E-state index >= 15 is 0 Å². The van der Waals surface area contributed by atoms with Gasteiger partial charge in [-0.3, -0.25) is 0 Å². The van der Waals surface area contributed by atoms with Gasteiger partial charge in [0.05, 0.1) is 0 Å². The molecular formula is C12H16O. The van der Waals surface area contributed by atoms with E-state index < -0.39 is 0 Å². The molecule has 13 heavy (non-hydrogen) atoms. The van der Waals surface area contributed by atoms with E-state index in [0.717, 1.165) is 28.4 Å². The highest BCUT2D eigenvalue weighted by Gasteiger charge is 2.01. The molecule has 0 atom stereocenters. The number of allylic oxidation sites excluding steroid dienone is 1. The van der Waals surface area contributed by atoms with E-state index in [9.17, 15) is 0 Å². The van der Waals surface area contributed by atoms with Crippen LogP contribution in [0.15, 0.2) is 10.5 Å². The molecule has 0 fully saturated rings. The van der Waals surface area contributed by atoms with Crippen molar-refractivity contribution in [3.05, 3.63) is 28.0 Å². The zero-order chi connectivity index (χ0) is 9.84. The van der Waals surface area contributed by atoms with Crippen LogP contribution in [-0.4, -0.2) is 0 Å². The van der Waals surface area contributed by atoms with Crippen molar-refractivity contribution in [3.8, 4) is 0 Å². The van der Waals surface area contributed by atoms with Crippen molar-refractivity contribution in [2.45, 2.75) is 27.2 Å². The minimum Gasteiger partial charge on any atom is -0.461 e. The fourth-order valence-corrected chi connectivity index (χ4v) is 1.44. The molecule has 0 radical (unpaired) electrons. The third-order valence-corrected chi connectivity index (χ3v) is 1.99. The Morgan fingerprint density at radius 2 is 2.15 bits per heavy atom. The van der Waals surface area contributed by atoms with Gasteiger partial charge in [0.1, 0.15) is 11.2 Å². The molecule has 1 rings (SSSR count). The SMILES string of the molecule is C=c1oc(C)c(C=CC)c1=CCC. The second kappa shape index (κ2) is 4.13. The average molecular weight is 176 g/mol. The summed E-state index contributed by atoms with van der Waals surface area (Å²) >= 11 is 0. The lowest BCUT2D eigenvalue weighted by Gasteiger charge is -1.87. The lowest BCUT2D eigenvalue weighted by atomic mass is 10.2.